The van der Waals surface area contributed by atoms with E-state index in [9.17, 15) is 9.59 Å². The standard InChI is InChI=1S/C18H25N3O2S/c1-10(24-17-20-19-16(23)21(17)14-2-3-14)15(22)18-7-11-4-12(8-18)6-13(5-11)9-18/h10-14H,2-9H2,1H3,(H,19,23)/t10-,11?,12?,13?,18?/m0/s1. The maximum atomic E-state index is 13.4. The fourth-order valence-electron chi connectivity index (χ4n) is 6.08. The lowest BCUT2D eigenvalue weighted by Gasteiger charge is -2.56. The summed E-state index contributed by atoms with van der Waals surface area (Å²) in [7, 11) is 0. The van der Waals surface area contributed by atoms with E-state index in [0.717, 1.165) is 49.9 Å². The number of Topliss-reactive ketones (excluding diaryl/α,β-unsaturated/α-hetero) is 1. The molecule has 130 valence electrons. The van der Waals surface area contributed by atoms with Gasteiger partial charge in [0.15, 0.2) is 10.9 Å². The molecule has 0 saturated heterocycles. The minimum atomic E-state index is -0.130. The number of thioether (sulfide) groups is 1. The van der Waals surface area contributed by atoms with Crippen LogP contribution in [0.2, 0.25) is 0 Å². The predicted molar refractivity (Wildman–Crippen MR) is 92.0 cm³/mol. The first-order valence-corrected chi connectivity index (χ1v) is 10.3. The lowest BCUT2D eigenvalue weighted by molar-refractivity contribution is -0.142. The summed E-state index contributed by atoms with van der Waals surface area (Å²) in [6.07, 6.45) is 9.49. The van der Waals surface area contributed by atoms with Crippen molar-refractivity contribution in [1.29, 1.82) is 0 Å². The smallest absolute Gasteiger partial charge is 0.298 e. The highest BCUT2D eigenvalue weighted by Crippen LogP contribution is 2.61. The van der Waals surface area contributed by atoms with Crippen molar-refractivity contribution in [2.45, 2.75) is 74.7 Å². The molecule has 0 unspecified atom stereocenters. The molecule has 1 heterocycles. The van der Waals surface area contributed by atoms with E-state index in [0.29, 0.717) is 17.0 Å². The zero-order valence-electron chi connectivity index (χ0n) is 14.2. The van der Waals surface area contributed by atoms with Crippen molar-refractivity contribution in [2.24, 2.45) is 23.2 Å². The second-order valence-electron chi connectivity index (χ2n) is 8.73. The fourth-order valence-corrected chi connectivity index (χ4v) is 7.20. The Balaban J connectivity index is 1.37. The number of hydrogen-bond acceptors (Lipinski definition) is 4. The molecule has 5 nitrogen and oxygen atoms in total. The normalized spacial score (nSPS) is 38.5. The minimum absolute atomic E-state index is 0.0673. The topological polar surface area (TPSA) is 67.8 Å². The number of H-pyrrole nitrogens is 1. The number of carbonyl (C=O) groups excluding carboxylic acids is 1. The van der Waals surface area contributed by atoms with Gasteiger partial charge in [0.05, 0.1) is 5.25 Å². The van der Waals surface area contributed by atoms with Gasteiger partial charge in [-0.3, -0.25) is 9.36 Å². The molecule has 1 aromatic rings. The molecule has 24 heavy (non-hydrogen) atoms. The third-order valence-corrected chi connectivity index (χ3v) is 7.86. The maximum absolute atomic E-state index is 13.4. The van der Waals surface area contributed by atoms with Gasteiger partial charge < -0.3 is 0 Å². The number of nitrogens with one attached hydrogen (secondary N) is 1. The molecule has 0 aromatic carbocycles. The highest BCUT2D eigenvalue weighted by molar-refractivity contribution is 8.00. The van der Waals surface area contributed by atoms with E-state index in [1.165, 1.54) is 31.0 Å². The summed E-state index contributed by atoms with van der Waals surface area (Å²) in [5.74, 6) is 2.77. The molecule has 1 N–H and O–H groups in total. The summed E-state index contributed by atoms with van der Waals surface area (Å²) in [4.78, 5) is 25.3. The molecule has 0 amide bonds. The molecule has 0 spiro atoms. The highest BCUT2D eigenvalue weighted by Gasteiger charge is 2.55. The van der Waals surface area contributed by atoms with Crippen LogP contribution in [0.1, 0.15) is 64.3 Å². The number of aromatic amines is 1. The maximum Gasteiger partial charge on any atom is 0.344 e. The molecule has 1 aromatic heterocycles. The van der Waals surface area contributed by atoms with Crippen LogP contribution in [-0.2, 0) is 4.79 Å². The van der Waals surface area contributed by atoms with Gasteiger partial charge in [-0.1, -0.05) is 11.8 Å². The molecule has 5 aliphatic carbocycles. The number of hydrogen-bond donors (Lipinski definition) is 1. The first-order chi connectivity index (χ1) is 11.5. The molecule has 6 rings (SSSR count). The molecular formula is C18H25N3O2S. The summed E-state index contributed by atoms with van der Waals surface area (Å²) >= 11 is 1.49. The van der Waals surface area contributed by atoms with Crippen LogP contribution < -0.4 is 5.69 Å². The van der Waals surface area contributed by atoms with E-state index >= 15 is 0 Å². The van der Waals surface area contributed by atoms with Crippen LogP contribution >= 0.6 is 11.8 Å². The van der Waals surface area contributed by atoms with Gasteiger partial charge in [-0.25, -0.2) is 9.89 Å². The Kier molecular flexibility index (Phi) is 3.32. The van der Waals surface area contributed by atoms with E-state index in [2.05, 4.69) is 10.2 Å². The summed E-state index contributed by atoms with van der Waals surface area (Å²) in [6, 6.07) is 0.292. The van der Waals surface area contributed by atoms with Gasteiger partial charge in [0.1, 0.15) is 0 Å². The minimum Gasteiger partial charge on any atom is -0.298 e. The molecule has 5 aliphatic rings. The van der Waals surface area contributed by atoms with Crippen molar-refractivity contribution in [3.05, 3.63) is 10.5 Å². The number of nitrogens with zero attached hydrogens (tertiary/aromatic N) is 2. The van der Waals surface area contributed by atoms with Crippen LogP contribution in [-0.4, -0.2) is 25.8 Å². The highest BCUT2D eigenvalue weighted by atomic mass is 32.2. The number of carbonyl (C=O) groups is 1. The Labute approximate surface area is 146 Å². The molecule has 5 saturated carbocycles. The Morgan fingerprint density at radius 2 is 1.79 bits per heavy atom. The lowest BCUT2D eigenvalue weighted by Crippen LogP contribution is -2.51. The second-order valence-corrected chi connectivity index (χ2v) is 10.0. The third kappa shape index (κ3) is 2.32. The molecular weight excluding hydrogens is 322 g/mol. The number of aromatic nitrogens is 3. The molecule has 5 fully saturated rings. The van der Waals surface area contributed by atoms with Gasteiger partial charge in [0.25, 0.3) is 0 Å². The average molecular weight is 347 g/mol. The van der Waals surface area contributed by atoms with Gasteiger partial charge >= 0.3 is 5.69 Å². The van der Waals surface area contributed by atoms with E-state index in [-0.39, 0.29) is 16.4 Å². The Hall–Kier alpha value is -1.04. The van der Waals surface area contributed by atoms with E-state index in [1.807, 2.05) is 6.92 Å². The quantitative estimate of drug-likeness (QED) is 0.831. The summed E-state index contributed by atoms with van der Waals surface area (Å²) in [6.45, 7) is 2.02. The zero-order chi connectivity index (χ0) is 16.5. The number of rotatable bonds is 5. The molecule has 4 bridgehead atoms. The Morgan fingerprint density at radius 1 is 1.21 bits per heavy atom. The largest absolute Gasteiger partial charge is 0.344 e. The monoisotopic (exact) mass is 347 g/mol. The van der Waals surface area contributed by atoms with E-state index in [4.69, 9.17) is 0 Å². The van der Waals surface area contributed by atoms with Crippen molar-refractivity contribution < 1.29 is 4.79 Å². The SMILES string of the molecule is C[C@H](Sc1n[nH]c(=O)n1C1CC1)C(=O)C12CC3CC(CC(C3)C1)C2. The van der Waals surface area contributed by atoms with Crippen LogP contribution in [0.5, 0.6) is 0 Å². The van der Waals surface area contributed by atoms with Crippen molar-refractivity contribution in [3.8, 4) is 0 Å². The van der Waals surface area contributed by atoms with Crippen LogP contribution in [0.25, 0.3) is 0 Å². The average Bonchev–Trinajstić information content (AvgIpc) is 3.29. The Morgan fingerprint density at radius 3 is 2.33 bits per heavy atom. The zero-order valence-corrected chi connectivity index (χ0v) is 15.0. The summed E-state index contributed by atoms with van der Waals surface area (Å²) in [5.41, 5.74) is -0.197. The van der Waals surface area contributed by atoms with Crippen molar-refractivity contribution in [1.82, 2.24) is 14.8 Å². The van der Waals surface area contributed by atoms with Gasteiger partial charge in [-0.2, -0.15) is 0 Å². The van der Waals surface area contributed by atoms with Gasteiger partial charge in [-0.05, 0) is 76.0 Å². The van der Waals surface area contributed by atoms with E-state index < -0.39 is 0 Å². The summed E-state index contributed by atoms with van der Waals surface area (Å²) in [5, 5.41) is 7.33. The van der Waals surface area contributed by atoms with Crippen molar-refractivity contribution in [3.63, 3.8) is 0 Å². The molecule has 1 atom stereocenters. The first-order valence-electron chi connectivity index (χ1n) is 9.42. The van der Waals surface area contributed by atoms with Gasteiger partial charge in [0.2, 0.25) is 0 Å². The lowest BCUT2D eigenvalue weighted by atomic mass is 9.48. The van der Waals surface area contributed by atoms with Crippen molar-refractivity contribution >= 4 is 17.5 Å². The predicted octanol–water partition coefficient (Wildman–Crippen LogP) is 3.17. The third-order valence-electron chi connectivity index (χ3n) is 6.80. The van der Waals surface area contributed by atoms with Crippen LogP contribution in [0.3, 0.4) is 0 Å². The Bertz CT molecular complexity index is 698. The molecule has 0 aliphatic heterocycles. The first kappa shape index (κ1) is 15.2. The van der Waals surface area contributed by atoms with Crippen LogP contribution in [0.15, 0.2) is 9.95 Å². The van der Waals surface area contributed by atoms with E-state index in [1.54, 1.807) is 4.57 Å². The van der Waals surface area contributed by atoms with Crippen molar-refractivity contribution in [2.75, 3.05) is 0 Å². The second kappa shape index (κ2) is 5.23. The fraction of sp³-hybridized carbons (Fsp3) is 0.833. The van der Waals surface area contributed by atoms with Gasteiger partial charge in [0, 0.05) is 11.5 Å². The molecule has 6 heteroatoms. The van der Waals surface area contributed by atoms with Crippen LogP contribution in [0, 0.1) is 23.2 Å². The van der Waals surface area contributed by atoms with Gasteiger partial charge in [-0.15, -0.1) is 5.10 Å². The van der Waals surface area contributed by atoms with Crippen LogP contribution in [0.4, 0.5) is 0 Å². The molecule has 0 radical (unpaired) electrons. The summed E-state index contributed by atoms with van der Waals surface area (Å²) < 4.78 is 1.76. The number of ketones is 1.